The predicted molar refractivity (Wildman–Crippen MR) is 178 cm³/mol. The van der Waals surface area contributed by atoms with Crippen LogP contribution in [0.25, 0.3) is 10.9 Å². The Morgan fingerprint density at radius 2 is 1.87 bits per heavy atom. The van der Waals surface area contributed by atoms with E-state index < -0.39 is 17.8 Å². The first kappa shape index (κ1) is 36.7. The van der Waals surface area contributed by atoms with E-state index in [0.717, 1.165) is 75.4 Å². The number of fused-ring (bicyclic) bond motifs is 1. The number of aromatic nitrogens is 1. The Kier molecular flexibility index (Phi) is 13.8. The van der Waals surface area contributed by atoms with Gasteiger partial charge in [-0.1, -0.05) is 17.7 Å². The number of ether oxygens (including phenoxy) is 1. The zero-order valence-electron chi connectivity index (χ0n) is 26.2. The highest BCUT2D eigenvalue weighted by Crippen LogP contribution is 2.41. The summed E-state index contributed by atoms with van der Waals surface area (Å²) in [6.45, 7) is 4.92. The largest absolute Gasteiger partial charge is 0.497 e. The molecule has 0 saturated carbocycles. The van der Waals surface area contributed by atoms with Crippen molar-refractivity contribution in [3.05, 3.63) is 64.8 Å². The van der Waals surface area contributed by atoms with Crippen molar-refractivity contribution in [2.45, 2.75) is 55.7 Å². The number of aliphatic hydroxyl groups is 3. The monoisotopic (exact) mass is 683 g/mol. The van der Waals surface area contributed by atoms with Crippen molar-refractivity contribution in [1.29, 1.82) is 0 Å². The number of likely N-dealkylation sites (tertiary alicyclic amines) is 1. The van der Waals surface area contributed by atoms with Crippen molar-refractivity contribution >= 4 is 34.3 Å². The second kappa shape index (κ2) is 17.3. The van der Waals surface area contributed by atoms with Gasteiger partial charge in [0.25, 0.3) is 0 Å². The number of hydrogen-bond donors (Lipinski definition) is 4. The van der Waals surface area contributed by atoms with Crippen LogP contribution in [0.15, 0.2) is 53.6 Å². The van der Waals surface area contributed by atoms with E-state index in [1.165, 1.54) is 23.9 Å². The van der Waals surface area contributed by atoms with Crippen LogP contribution in [0.1, 0.15) is 55.8 Å². The number of hydrogen-bond acceptors (Lipinski definition) is 8. The summed E-state index contributed by atoms with van der Waals surface area (Å²) >= 11 is 7.87. The number of halogens is 4. The van der Waals surface area contributed by atoms with E-state index >= 15 is 0 Å². The van der Waals surface area contributed by atoms with Crippen LogP contribution >= 0.6 is 23.4 Å². The van der Waals surface area contributed by atoms with Gasteiger partial charge in [-0.3, -0.25) is 4.98 Å². The molecule has 5 rings (SSSR count). The molecule has 0 bridgehead atoms. The number of alkyl halides is 3. The summed E-state index contributed by atoms with van der Waals surface area (Å²) < 4.78 is 44.2. The number of thioether (sulfide) groups is 1. The fraction of sp³-hybridized carbons (Fsp3) is 0.559. The van der Waals surface area contributed by atoms with Crippen LogP contribution < -0.4 is 10.1 Å². The molecular formula is C34H45ClF3N3O4S. The number of piperidine rings is 2. The van der Waals surface area contributed by atoms with E-state index in [0.29, 0.717) is 52.4 Å². The summed E-state index contributed by atoms with van der Waals surface area (Å²) in [6.07, 6.45) is 1.34. The molecule has 1 aromatic heterocycles. The number of rotatable bonds is 11. The van der Waals surface area contributed by atoms with Crippen molar-refractivity contribution < 1.29 is 33.2 Å². The summed E-state index contributed by atoms with van der Waals surface area (Å²) in [7, 11) is 1.58. The molecule has 3 heterocycles. The minimum atomic E-state index is -4.34. The summed E-state index contributed by atoms with van der Waals surface area (Å²) in [5.74, 6) is 1.92. The van der Waals surface area contributed by atoms with E-state index in [2.05, 4.69) is 15.2 Å². The number of methoxy groups -OCH3 is 1. The lowest BCUT2D eigenvalue weighted by Crippen LogP contribution is -2.43. The first-order valence-electron chi connectivity index (χ1n) is 15.8. The molecular weight excluding hydrogens is 639 g/mol. The average Bonchev–Trinajstić information content (AvgIpc) is 3.08. The van der Waals surface area contributed by atoms with Crippen molar-refractivity contribution in [2.24, 2.45) is 11.3 Å². The molecule has 2 aromatic carbocycles. The van der Waals surface area contributed by atoms with Crippen LogP contribution in [-0.4, -0.2) is 84.0 Å². The molecule has 3 aromatic rings. The third-order valence-corrected chi connectivity index (χ3v) is 10.4. The van der Waals surface area contributed by atoms with Gasteiger partial charge in [0.2, 0.25) is 0 Å². The Balaban J connectivity index is 0.000000523. The highest BCUT2D eigenvalue weighted by Gasteiger charge is 2.35. The van der Waals surface area contributed by atoms with Crippen LogP contribution in [0, 0.1) is 11.3 Å². The normalized spacial score (nSPS) is 18.2. The molecule has 2 fully saturated rings. The highest BCUT2D eigenvalue weighted by atomic mass is 35.5. The maximum atomic E-state index is 12.9. The Morgan fingerprint density at radius 3 is 2.50 bits per heavy atom. The van der Waals surface area contributed by atoms with Gasteiger partial charge in [-0.15, -0.1) is 11.8 Å². The molecule has 46 heavy (non-hydrogen) atoms. The molecule has 12 heteroatoms. The van der Waals surface area contributed by atoms with Crippen molar-refractivity contribution in [3.63, 3.8) is 0 Å². The quantitative estimate of drug-likeness (QED) is 0.169. The second-order valence-corrected chi connectivity index (χ2v) is 13.8. The maximum absolute atomic E-state index is 12.9. The number of nitrogens with zero attached hydrogens (tertiary/aromatic N) is 2. The van der Waals surface area contributed by atoms with Gasteiger partial charge in [-0.2, -0.15) is 13.2 Å². The maximum Gasteiger partial charge on any atom is 0.416 e. The smallest absolute Gasteiger partial charge is 0.416 e. The molecule has 2 saturated heterocycles. The van der Waals surface area contributed by atoms with Gasteiger partial charge in [0.05, 0.1) is 29.3 Å². The van der Waals surface area contributed by atoms with E-state index in [1.807, 2.05) is 18.2 Å². The predicted octanol–water partition coefficient (Wildman–Crippen LogP) is 6.57. The van der Waals surface area contributed by atoms with Gasteiger partial charge in [-0.25, -0.2) is 0 Å². The summed E-state index contributed by atoms with van der Waals surface area (Å²) in [5, 5.41) is 34.4. The van der Waals surface area contributed by atoms with Gasteiger partial charge >= 0.3 is 6.18 Å². The van der Waals surface area contributed by atoms with Gasteiger partial charge < -0.3 is 30.3 Å². The molecule has 0 spiro atoms. The number of aliphatic hydroxyl groups excluding tert-OH is 3. The number of nitrogens with one attached hydrogen (secondary N) is 1. The molecule has 1 atom stereocenters. The van der Waals surface area contributed by atoms with Crippen LogP contribution in [0.2, 0.25) is 5.02 Å². The lowest BCUT2D eigenvalue weighted by atomic mass is 9.74. The Morgan fingerprint density at radius 1 is 1.13 bits per heavy atom. The standard InChI is InChI=1S/C28H32ClF3N2O3S.C6H13NO/c1-37-20-5-6-24-22(16-20)26(23(29)17-33-24)25(36)7-8-27(18-35)9-11-34(12-10-27)13-14-38-21-4-2-3-19(15-21)28(30,31)32;8-5-6-1-3-7-4-2-6/h2-6,15-17,25,35-36H,7-14,18H2,1H3;6-8H,1-5H2. The third kappa shape index (κ3) is 10.2. The Hall–Kier alpha value is -2.12. The Bertz CT molecular complexity index is 1390. The first-order chi connectivity index (χ1) is 22.1. The molecule has 254 valence electrons. The van der Waals surface area contributed by atoms with Crippen LogP contribution in [-0.2, 0) is 6.18 Å². The highest BCUT2D eigenvalue weighted by molar-refractivity contribution is 7.99. The summed E-state index contributed by atoms with van der Waals surface area (Å²) in [6, 6.07) is 10.9. The lowest BCUT2D eigenvalue weighted by molar-refractivity contribution is -0.137. The van der Waals surface area contributed by atoms with Crippen molar-refractivity contribution in [2.75, 3.05) is 58.8 Å². The van der Waals surface area contributed by atoms with Gasteiger partial charge in [-0.05, 0) is 112 Å². The fourth-order valence-corrected chi connectivity index (χ4v) is 7.32. The van der Waals surface area contributed by atoms with E-state index in [9.17, 15) is 23.4 Å². The van der Waals surface area contributed by atoms with Crippen LogP contribution in [0.3, 0.4) is 0 Å². The first-order valence-corrected chi connectivity index (χ1v) is 17.2. The van der Waals surface area contributed by atoms with Gasteiger partial charge in [0.15, 0.2) is 0 Å². The van der Waals surface area contributed by atoms with Gasteiger partial charge in [0, 0.05) is 47.6 Å². The molecule has 4 N–H and O–H groups in total. The SMILES string of the molecule is COc1ccc2ncc(Cl)c(C(O)CCC3(CO)CCN(CCSc4cccc(C(F)(F)F)c4)CC3)c2c1.OCC1CCNCC1. The minimum Gasteiger partial charge on any atom is -0.497 e. The van der Waals surface area contributed by atoms with Crippen LogP contribution in [0.5, 0.6) is 5.75 Å². The average molecular weight is 684 g/mol. The molecule has 7 nitrogen and oxygen atoms in total. The molecule has 1 unspecified atom stereocenters. The molecule has 2 aliphatic rings. The molecule has 2 aliphatic heterocycles. The summed E-state index contributed by atoms with van der Waals surface area (Å²) in [4.78, 5) is 7.24. The summed E-state index contributed by atoms with van der Waals surface area (Å²) in [5.41, 5.74) is 0.416. The Labute approximate surface area is 278 Å². The van der Waals surface area contributed by atoms with Crippen molar-refractivity contribution in [3.8, 4) is 5.75 Å². The van der Waals surface area contributed by atoms with E-state index in [4.69, 9.17) is 21.4 Å². The topological polar surface area (TPSA) is 98.1 Å². The molecule has 0 radical (unpaired) electrons. The number of benzene rings is 2. The van der Waals surface area contributed by atoms with Crippen molar-refractivity contribution in [1.82, 2.24) is 15.2 Å². The van der Waals surface area contributed by atoms with Crippen LogP contribution in [0.4, 0.5) is 13.2 Å². The fourth-order valence-electron chi connectivity index (χ4n) is 6.08. The van der Waals surface area contributed by atoms with Gasteiger partial charge in [0.1, 0.15) is 5.75 Å². The lowest BCUT2D eigenvalue weighted by Gasteiger charge is -2.41. The third-order valence-electron chi connectivity index (χ3n) is 9.16. The minimum absolute atomic E-state index is 0.0329. The number of pyridine rings is 1. The van der Waals surface area contributed by atoms with E-state index in [1.54, 1.807) is 19.4 Å². The molecule has 0 aliphatic carbocycles. The van der Waals surface area contributed by atoms with E-state index in [-0.39, 0.29) is 12.0 Å². The zero-order valence-corrected chi connectivity index (χ0v) is 27.8. The zero-order chi connectivity index (χ0) is 33.2. The molecule has 0 amide bonds. The second-order valence-electron chi connectivity index (χ2n) is 12.2.